The van der Waals surface area contributed by atoms with Gasteiger partial charge in [-0.25, -0.2) is 4.79 Å². The Kier molecular flexibility index (Phi) is 12.4. The molecule has 1 aromatic carbocycles. The average molecular weight is 570 g/mol. The van der Waals surface area contributed by atoms with Gasteiger partial charge in [0.15, 0.2) is 5.96 Å². The van der Waals surface area contributed by atoms with E-state index in [2.05, 4.69) is 15.6 Å². The van der Waals surface area contributed by atoms with E-state index in [1.807, 2.05) is 12.1 Å². The van der Waals surface area contributed by atoms with Crippen molar-refractivity contribution in [3.8, 4) is 0 Å². The zero-order valence-corrected chi connectivity index (χ0v) is 23.9. The molecule has 1 unspecified atom stereocenters. The molecular formula is C30H47N7O4. The zero-order chi connectivity index (χ0) is 29.8. The van der Waals surface area contributed by atoms with Crippen LogP contribution in [0.3, 0.4) is 0 Å². The number of nitrogens with one attached hydrogen (secondary N) is 3. The van der Waals surface area contributed by atoms with Crippen molar-refractivity contribution in [1.29, 1.82) is 5.41 Å². The molecule has 226 valence electrons. The molecule has 0 spiro atoms. The highest BCUT2D eigenvalue weighted by molar-refractivity contribution is 5.95. The first-order chi connectivity index (χ1) is 19.7. The fourth-order valence-electron chi connectivity index (χ4n) is 6.23. The molecule has 10 N–H and O–H groups in total. The standard InChI is InChI=1S/C30H47N7O4/c31-26(32)22-15-13-19(14-16-22)18-23(20-8-3-1-4-9-20)27(38)37-25(21-10-5-2-6-11-21)28(39)36-24(29(40)41)12-7-17-35-30(33)34/h13-16,20-21,23-25H,1-12,17-18H2,(H3,31,32)(H,36,39)(H,37,38)(H,40,41)(H4,33,34,35)/t23-,24?,25-/m0/s1. The smallest absolute Gasteiger partial charge is 0.326 e. The number of amides is 2. The normalized spacial score (nSPS) is 18.4. The molecule has 0 bridgehead atoms. The molecule has 2 aliphatic rings. The Bertz CT molecular complexity index is 1060. The fourth-order valence-corrected chi connectivity index (χ4v) is 6.23. The Morgan fingerprint density at radius 2 is 1.46 bits per heavy atom. The Balaban J connectivity index is 1.78. The molecule has 0 heterocycles. The summed E-state index contributed by atoms with van der Waals surface area (Å²) in [6, 6.07) is 5.51. The van der Waals surface area contributed by atoms with E-state index in [0.29, 0.717) is 18.4 Å². The minimum atomic E-state index is -1.13. The first-order valence-electron chi connectivity index (χ1n) is 15.0. The third kappa shape index (κ3) is 10.1. The number of amidine groups is 1. The Labute approximate surface area is 242 Å². The predicted octanol–water partition coefficient (Wildman–Crippen LogP) is 2.40. The first-order valence-corrected chi connectivity index (χ1v) is 15.0. The van der Waals surface area contributed by atoms with Crippen LogP contribution in [0.4, 0.5) is 0 Å². The number of nitrogens with two attached hydrogens (primary N) is 3. The molecule has 11 heteroatoms. The number of aliphatic carboxylic acids is 1. The maximum atomic E-state index is 14.0. The zero-order valence-electron chi connectivity index (χ0n) is 23.9. The molecule has 2 aliphatic carbocycles. The summed E-state index contributed by atoms with van der Waals surface area (Å²) in [4.78, 5) is 43.4. The van der Waals surface area contributed by atoms with Gasteiger partial charge < -0.3 is 32.9 Å². The third-order valence-corrected chi connectivity index (χ3v) is 8.54. The Morgan fingerprint density at radius 1 is 0.878 bits per heavy atom. The lowest BCUT2D eigenvalue weighted by molar-refractivity contribution is -0.143. The highest BCUT2D eigenvalue weighted by Gasteiger charge is 2.37. The van der Waals surface area contributed by atoms with Gasteiger partial charge in [-0.3, -0.25) is 20.0 Å². The molecule has 0 radical (unpaired) electrons. The number of aliphatic imine (C=N–C) groups is 1. The minimum absolute atomic E-state index is 0.00429. The molecule has 0 aliphatic heterocycles. The van der Waals surface area contributed by atoms with Crippen molar-refractivity contribution < 1.29 is 19.5 Å². The summed E-state index contributed by atoms with van der Waals surface area (Å²) in [6.07, 6.45) is 11.0. The monoisotopic (exact) mass is 569 g/mol. The molecule has 3 rings (SSSR count). The van der Waals surface area contributed by atoms with Crippen LogP contribution in [0.1, 0.15) is 88.2 Å². The van der Waals surface area contributed by atoms with Crippen LogP contribution in [0.2, 0.25) is 0 Å². The van der Waals surface area contributed by atoms with Gasteiger partial charge in [0, 0.05) is 18.0 Å². The fraction of sp³-hybridized carbons (Fsp3) is 0.633. The van der Waals surface area contributed by atoms with Gasteiger partial charge >= 0.3 is 5.97 Å². The molecule has 0 saturated heterocycles. The van der Waals surface area contributed by atoms with Crippen molar-refractivity contribution in [2.45, 2.75) is 95.6 Å². The molecule has 2 fully saturated rings. The largest absolute Gasteiger partial charge is 0.480 e. The lowest BCUT2D eigenvalue weighted by atomic mass is 9.76. The van der Waals surface area contributed by atoms with Crippen molar-refractivity contribution in [3.05, 3.63) is 35.4 Å². The molecule has 1 aromatic rings. The van der Waals surface area contributed by atoms with Crippen molar-refractivity contribution in [2.24, 2.45) is 39.9 Å². The molecule has 2 amide bonds. The molecule has 0 aromatic heterocycles. The second-order valence-corrected chi connectivity index (χ2v) is 11.6. The van der Waals surface area contributed by atoms with Crippen LogP contribution in [0, 0.1) is 23.2 Å². The molecule has 11 nitrogen and oxygen atoms in total. The maximum absolute atomic E-state index is 14.0. The summed E-state index contributed by atoms with van der Waals surface area (Å²) < 4.78 is 0. The summed E-state index contributed by atoms with van der Waals surface area (Å²) in [5, 5.41) is 23.2. The number of carboxylic acid groups (broad SMARTS) is 1. The number of nitrogen functional groups attached to an aromatic ring is 1. The molecule has 3 atom stereocenters. The van der Waals surface area contributed by atoms with Crippen molar-refractivity contribution in [3.63, 3.8) is 0 Å². The van der Waals surface area contributed by atoms with Gasteiger partial charge in [-0.05, 0) is 62.3 Å². The lowest BCUT2D eigenvalue weighted by Gasteiger charge is -2.34. The number of carbonyl (C=O) groups excluding carboxylic acids is 2. The molecular weight excluding hydrogens is 522 g/mol. The van der Waals surface area contributed by atoms with Gasteiger partial charge in [-0.15, -0.1) is 0 Å². The number of nitrogens with zero attached hydrogens (tertiary/aromatic N) is 1. The summed E-state index contributed by atoms with van der Waals surface area (Å²) in [6.45, 7) is 0.265. The highest BCUT2D eigenvalue weighted by atomic mass is 16.4. The molecule has 41 heavy (non-hydrogen) atoms. The van der Waals surface area contributed by atoms with Crippen molar-refractivity contribution in [2.75, 3.05) is 6.54 Å². The van der Waals surface area contributed by atoms with Crippen LogP contribution in [-0.2, 0) is 20.8 Å². The number of carbonyl (C=O) groups is 3. The van der Waals surface area contributed by atoms with Gasteiger partial charge in [0.05, 0.1) is 0 Å². The second-order valence-electron chi connectivity index (χ2n) is 11.6. The summed E-state index contributed by atoms with van der Waals surface area (Å²) in [7, 11) is 0. The predicted molar refractivity (Wildman–Crippen MR) is 159 cm³/mol. The summed E-state index contributed by atoms with van der Waals surface area (Å²) in [5.41, 5.74) is 17.9. The number of carboxylic acids is 1. The number of hydrogen-bond donors (Lipinski definition) is 7. The van der Waals surface area contributed by atoms with E-state index in [4.69, 9.17) is 22.6 Å². The van der Waals surface area contributed by atoms with E-state index in [9.17, 15) is 19.5 Å². The van der Waals surface area contributed by atoms with Crippen molar-refractivity contribution >= 4 is 29.6 Å². The van der Waals surface area contributed by atoms with Crippen LogP contribution in [0.5, 0.6) is 0 Å². The average Bonchev–Trinajstić information content (AvgIpc) is 2.96. The van der Waals surface area contributed by atoms with Crippen molar-refractivity contribution in [1.82, 2.24) is 10.6 Å². The summed E-state index contributed by atoms with van der Waals surface area (Å²) >= 11 is 0. The van der Waals surface area contributed by atoms with Gasteiger partial charge in [-0.2, -0.15) is 0 Å². The van der Waals surface area contributed by atoms with E-state index in [0.717, 1.165) is 69.8 Å². The number of rotatable bonds is 14. The van der Waals surface area contributed by atoms with Gasteiger partial charge in [-0.1, -0.05) is 62.8 Å². The highest BCUT2D eigenvalue weighted by Crippen LogP contribution is 2.33. The maximum Gasteiger partial charge on any atom is 0.326 e. The SMILES string of the molecule is N=C(N)c1ccc(C[C@H](C(=O)N[C@H](C(=O)NC(CCCN=C(N)N)C(=O)O)C2CCCCC2)C2CCCCC2)cc1. The van der Waals surface area contributed by atoms with E-state index >= 15 is 0 Å². The number of guanidine groups is 1. The second kappa shape index (κ2) is 16.0. The van der Waals surface area contributed by atoms with E-state index in [1.165, 1.54) is 0 Å². The topological polar surface area (TPSA) is 210 Å². The van der Waals surface area contributed by atoms with Crippen LogP contribution < -0.4 is 27.8 Å². The molecule has 2 saturated carbocycles. The van der Waals surface area contributed by atoms with E-state index < -0.39 is 24.0 Å². The number of hydrogen-bond acceptors (Lipinski definition) is 5. The van der Waals surface area contributed by atoms with Crippen LogP contribution in [-0.4, -0.2) is 53.3 Å². The Hall–Kier alpha value is -3.63. The van der Waals surface area contributed by atoms with E-state index in [-0.39, 0.29) is 48.4 Å². The van der Waals surface area contributed by atoms with Crippen LogP contribution >= 0.6 is 0 Å². The lowest BCUT2D eigenvalue weighted by Crippen LogP contribution is -2.56. The summed E-state index contributed by atoms with van der Waals surface area (Å²) in [5.74, 6) is -1.97. The third-order valence-electron chi connectivity index (χ3n) is 8.54. The first kappa shape index (κ1) is 31.9. The van der Waals surface area contributed by atoms with Crippen LogP contribution in [0.15, 0.2) is 29.3 Å². The van der Waals surface area contributed by atoms with E-state index in [1.54, 1.807) is 12.1 Å². The van der Waals surface area contributed by atoms with Gasteiger partial charge in [0.2, 0.25) is 11.8 Å². The van der Waals surface area contributed by atoms with Crippen LogP contribution in [0.25, 0.3) is 0 Å². The van der Waals surface area contributed by atoms with Gasteiger partial charge in [0.1, 0.15) is 17.9 Å². The Morgan fingerprint density at radius 3 is 2.00 bits per heavy atom. The minimum Gasteiger partial charge on any atom is -0.480 e. The van der Waals surface area contributed by atoms with Gasteiger partial charge in [0.25, 0.3) is 0 Å². The number of benzene rings is 1. The quantitative estimate of drug-likeness (QED) is 0.101.